The van der Waals surface area contributed by atoms with E-state index in [4.69, 9.17) is 0 Å². The summed E-state index contributed by atoms with van der Waals surface area (Å²) < 4.78 is 0. The van der Waals surface area contributed by atoms with Crippen LogP contribution in [0.1, 0.15) is 27.8 Å². The smallest absolute Gasteiger partial charge is 0.122 e. The molecule has 0 spiro atoms. The molecule has 0 aliphatic rings. The molecule has 0 fully saturated rings. The maximum atomic E-state index is 10.6. The highest BCUT2D eigenvalue weighted by Crippen LogP contribution is 2.29. The molecule has 0 heterocycles. The third-order valence-corrected chi connectivity index (χ3v) is 4.07. The van der Waals surface area contributed by atoms with Crippen molar-refractivity contribution in [2.75, 3.05) is 0 Å². The van der Waals surface area contributed by atoms with E-state index < -0.39 is 0 Å². The SMILES string of the molecule is Cc1cc(Cc2ccc(O)cc2)c(O)c(Cc2ccc(O)cc2)c1. The topological polar surface area (TPSA) is 60.7 Å². The molecule has 3 rings (SSSR count). The van der Waals surface area contributed by atoms with Gasteiger partial charge in [-0.1, -0.05) is 42.0 Å². The molecule has 24 heavy (non-hydrogen) atoms. The molecule has 0 atom stereocenters. The van der Waals surface area contributed by atoms with Gasteiger partial charge in [-0.3, -0.25) is 0 Å². The van der Waals surface area contributed by atoms with E-state index in [2.05, 4.69) is 0 Å². The molecule has 0 unspecified atom stereocenters. The summed E-state index contributed by atoms with van der Waals surface area (Å²) in [6.45, 7) is 2.01. The number of phenolic OH excluding ortho intramolecular Hbond substituents is 3. The average Bonchev–Trinajstić information content (AvgIpc) is 2.56. The number of rotatable bonds is 4. The van der Waals surface area contributed by atoms with Crippen LogP contribution in [0.15, 0.2) is 60.7 Å². The Balaban J connectivity index is 1.89. The zero-order chi connectivity index (χ0) is 17.1. The maximum Gasteiger partial charge on any atom is 0.122 e. The highest BCUT2D eigenvalue weighted by Gasteiger charge is 2.10. The van der Waals surface area contributed by atoms with E-state index in [1.807, 2.05) is 43.3 Å². The molecular weight excluding hydrogens is 300 g/mol. The van der Waals surface area contributed by atoms with E-state index in [9.17, 15) is 15.3 Å². The number of hydrogen-bond acceptors (Lipinski definition) is 3. The molecule has 3 nitrogen and oxygen atoms in total. The van der Waals surface area contributed by atoms with Crippen LogP contribution in [0, 0.1) is 6.92 Å². The lowest BCUT2D eigenvalue weighted by Gasteiger charge is -2.12. The van der Waals surface area contributed by atoms with E-state index in [-0.39, 0.29) is 11.5 Å². The Kier molecular flexibility index (Phi) is 4.43. The monoisotopic (exact) mass is 320 g/mol. The van der Waals surface area contributed by atoms with Crippen LogP contribution in [0.3, 0.4) is 0 Å². The van der Waals surface area contributed by atoms with Gasteiger partial charge in [-0.15, -0.1) is 0 Å². The van der Waals surface area contributed by atoms with E-state index in [0.717, 1.165) is 27.8 Å². The van der Waals surface area contributed by atoms with Gasteiger partial charge in [0.05, 0.1) is 0 Å². The highest BCUT2D eigenvalue weighted by atomic mass is 16.3. The van der Waals surface area contributed by atoms with Crippen molar-refractivity contribution >= 4 is 0 Å². The number of phenols is 3. The second kappa shape index (κ2) is 6.67. The minimum Gasteiger partial charge on any atom is -0.508 e. The average molecular weight is 320 g/mol. The van der Waals surface area contributed by atoms with Crippen LogP contribution in [0.25, 0.3) is 0 Å². The number of aryl methyl sites for hydroxylation is 1. The molecule has 0 aliphatic heterocycles. The minimum absolute atomic E-state index is 0.236. The molecule has 3 N–H and O–H groups in total. The van der Waals surface area contributed by atoms with Crippen LogP contribution >= 0.6 is 0 Å². The molecule has 0 amide bonds. The summed E-state index contributed by atoms with van der Waals surface area (Å²) in [5.41, 5.74) is 4.90. The summed E-state index contributed by atoms with van der Waals surface area (Å²) in [6, 6.07) is 18.0. The zero-order valence-corrected chi connectivity index (χ0v) is 13.5. The van der Waals surface area contributed by atoms with Crippen molar-refractivity contribution in [1.29, 1.82) is 0 Å². The first-order valence-electron chi connectivity index (χ1n) is 7.88. The predicted octanol–water partition coefficient (Wildman–Crippen LogP) is 4.29. The number of benzene rings is 3. The highest BCUT2D eigenvalue weighted by molar-refractivity contribution is 5.48. The Hall–Kier alpha value is -2.94. The van der Waals surface area contributed by atoms with Crippen molar-refractivity contribution in [1.82, 2.24) is 0 Å². The lowest BCUT2D eigenvalue weighted by molar-refractivity contribution is 0.463. The fourth-order valence-electron chi connectivity index (χ4n) is 2.87. The van der Waals surface area contributed by atoms with E-state index in [0.29, 0.717) is 18.6 Å². The number of hydrogen-bond donors (Lipinski definition) is 3. The van der Waals surface area contributed by atoms with Crippen LogP contribution in [0.2, 0.25) is 0 Å². The van der Waals surface area contributed by atoms with E-state index >= 15 is 0 Å². The molecule has 3 aromatic rings. The minimum atomic E-state index is 0.236. The Bertz CT molecular complexity index is 765. The van der Waals surface area contributed by atoms with Crippen molar-refractivity contribution in [2.45, 2.75) is 19.8 Å². The van der Waals surface area contributed by atoms with Gasteiger partial charge < -0.3 is 15.3 Å². The quantitative estimate of drug-likeness (QED) is 0.672. The Morgan fingerprint density at radius 3 is 1.38 bits per heavy atom. The van der Waals surface area contributed by atoms with Gasteiger partial charge in [0, 0.05) is 12.8 Å². The zero-order valence-electron chi connectivity index (χ0n) is 13.5. The molecule has 0 aliphatic carbocycles. The van der Waals surface area contributed by atoms with Gasteiger partial charge in [-0.25, -0.2) is 0 Å². The molecule has 0 radical (unpaired) electrons. The summed E-state index contributed by atoms with van der Waals surface area (Å²) >= 11 is 0. The van der Waals surface area contributed by atoms with Crippen molar-refractivity contribution < 1.29 is 15.3 Å². The summed E-state index contributed by atoms with van der Waals surface area (Å²) in [5, 5.41) is 29.4. The second-order valence-corrected chi connectivity index (χ2v) is 6.12. The first kappa shape index (κ1) is 15.9. The fraction of sp³-hybridized carbons (Fsp3) is 0.143. The molecule has 3 aromatic carbocycles. The summed E-state index contributed by atoms with van der Waals surface area (Å²) in [6.07, 6.45) is 1.22. The van der Waals surface area contributed by atoms with Crippen molar-refractivity contribution in [3.05, 3.63) is 88.5 Å². The lowest BCUT2D eigenvalue weighted by Crippen LogP contribution is -1.96. The first-order chi connectivity index (χ1) is 11.5. The molecule has 0 saturated carbocycles. The largest absolute Gasteiger partial charge is 0.508 e. The second-order valence-electron chi connectivity index (χ2n) is 6.12. The number of aromatic hydroxyl groups is 3. The first-order valence-corrected chi connectivity index (χ1v) is 7.88. The predicted molar refractivity (Wildman–Crippen MR) is 94.7 cm³/mol. The summed E-state index contributed by atoms with van der Waals surface area (Å²) in [5.74, 6) is 0.780. The third-order valence-electron chi connectivity index (χ3n) is 4.07. The summed E-state index contributed by atoms with van der Waals surface area (Å²) in [4.78, 5) is 0. The van der Waals surface area contributed by atoms with Crippen LogP contribution in [0.4, 0.5) is 0 Å². The van der Waals surface area contributed by atoms with E-state index in [1.54, 1.807) is 24.3 Å². The van der Waals surface area contributed by atoms with Gasteiger partial charge in [0.15, 0.2) is 0 Å². The van der Waals surface area contributed by atoms with Gasteiger partial charge in [0.2, 0.25) is 0 Å². The Morgan fingerprint density at radius 1 is 0.625 bits per heavy atom. The fourth-order valence-corrected chi connectivity index (χ4v) is 2.87. The van der Waals surface area contributed by atoms with Gasteiger partial charge in [0.1, 0.15) is 17.2 Å². The molecule has 122 valence electrons. The Labute approximate surface area is 141 Å². The van der Waals surface area contributed by atoms with Crippen LogP contribution in [-0.2, 0) is 12.8 Å². The van der Waals surface area contributed by atoms with Crippen molar-refractivity contribution in [3.8, 4) is 17.2 Å². The van der Waals surface area contributed by atoms with Gasteiger partial charge >= 0.3 is 0 Å². The molecule has 0 saturated heterocycles. The normalized spacial score (nSPS) is 10.7. The van der Waals surface area contributed by atoms with Crippen molar-refractivity contribution in [2.24, 2.45) is 0 Å². The van der Waals surface area contributed by atoms with Crippen LogP contribution in [-0.4, -0.2) is 15.3 Å². The van der Waals surface area contributed by atoms with Gasteiger partial charge in [0.25, 0.3) is 0 Å². The van der Waals surface area contributed by atoms with Crippen LogP contribution in [0.5, 0.6) is 17.2 Å². The van der Waals surface area contributed by atoms with Gasteiger partial charge in [-0.2, -0.15) is 0 Å². The van der Waals surface area contributed by atoms with Crippen molar-refractivity contribution in [3.63, 3.8) is 0 Å². The van der Waals surface area contributed by atoms with Crippen LogP contribution < -0.4 is 0 Å². The van der Waals surface area contributed by atoms with Gasteiger partial charge in [-0.05, 0) is 53.4 Å². The summed E-state index contributed by atoms with van der Waals surface area (Å²) in [7, 11) is 0. The Morgan fingerprint density at radius 2 is 1.00 bits per heavy atom. The molecule has 0 aromatic heterocycles. The lowest BCUT2D eigenvalue weighted by atomic mass is 9.95. The van der Waals surface area contributed by atoms with E-state index in [1.165, 1.54) is 0 Å². The maximum absolute atomic E-state index is 10.6. The molecular formula is C21H20O3. The standard InChI is InChI=1S/C21H20O3/c1-14-10-17(12-15-2-6-19(22)7-3-15)21(24)18(11-14)13-16-4-8-20(23)9-5-16/h2-11,22-24H,12-13H2,1H3. The third kappa shape index (κ3) is 3.69. The molecule has 3 heteroatoms. The molecule has 0 bridgehead atoms.